The Balaban J connectivity index is 1.72. The second-order valence-electron chi connectivity index (χ2n) is 6.72. The zero-order chi connectivity index (χ0) is 19.4. The Morgan fingerprint density at radius 1 is 1.15 bits per heavy atom. The minimum Gasteiger partial charge on any atom is -0.369 e. The van der Waals surface area contributed by atoms with E-state index in [9.17, 15) is 4.79 Å². The first-order valence-corrected chi connectivity index (χ1v) is 10.8. The van der Waals surface area contributed by atoms with Crippen LogP contribution in [0.3, 0.4) is 0 Å². The molecule has 3 rings (SSSR count). The summed E-state index contributed by atoms with van der Waals surface area (Å²) < 4.78 is 0. The van der Waals surface area contributed by atoms with E-state index in [1.165, 1.54) is 5.69 Å². The first kappa shape index (κ1) is 20.1. The number of amides is 1. The highest BCUT2D eigenvalue weighted by atomic mass is 35.5. The minimum absolute atomic E-state index is 0.177. The Morgan fingerprint density at radius 2 is 1.89 bits per heavy atom. The van der Waals surface area contributed by atoms with Crippen LogP contribution in [0.1, 0.15) is 22.8 Å². The first-order valence-electron chi connectivity index (χ1n) is 9.24. The summed E-state index contributed by atoms with van der Waals surface area (Å²) in [6.45, 7) is 9.61. The number of halogens is 1. The van der Waals surface area contributed by atoms with Gasteiger partial charge in [-0.15, -0.1) is 11.8 Å². The van der Waals surface area contributed by atoms with Crippen molar-refractivity contribution in [1.29, 1.82) is 0 Å². The molecule has 1 aliphatic rings. The number of carbonyl (C=O) groups is 1. The molecule has 0 bridgehead atoms. The van der Waals surface area contributed by atoms with E-state index < -0.39 is 0 Å². The van der Waals surface area contributed by atoms with Crippen LogP contribution in [0.15, 0.2) is 41.3 Å². The van der Waals surface area contributed by atoms with Gasteiger partial charge in [-0.1, -0.05) is 18.5 Å². The van der Waals surface area contributed by atoms with Gasteiger partial charge in [0.1, 0.15) is 0 Å². The quantitative estimate of drug-likeness (QED) is 0.730. The maximum Gasteiger partial charge on any atom is 0.257 e. The lowest BCUT2D eigenvalue weighted by atomic mass is 10.1. The molecule has 2 aromatic rings. The molecule has 1 fully saturated rings. The fourth-order valence-electron chi connectivity index (χ4n) is 3.30. The molecule has 0 aromatic heterocycles. The predicted octanol–water partition coefficient (Wildman–Crippen LogP) is 4.76. The fraction of sp³-hybridized carbons (Fsp3) is 0.381. The zero-order valence-corrected chi connectivity index (χ0v) is 17.7. The van der Waals surface area contributed by atoms with Gasteiger partial charge in [0.25, 0.3) is 5.91 Å². The number of nitrogens with zero attached hydrogens (tertiary/aromatic N) is 2. The largest absolute Gasteiger partial charge is 0.369 e. The maximum atomic E-state index is 12.7. The molecule has 2 aromatic carbocycles. The van der Waals surface area contributed by atoms with Gasteiger partial charge in [0, 0.05) is 42.4 Å². The summed E-state index contributed by atoms with van der Waals surface area (Å²) in [6.07, 6.45) is 1.98. The molecule has 1 amide bonds. The Bertz CT molecular complexity index is 819. The number of hydrogen-bond acceptors (Lipinski definition) is 4. The maximum absolute atomic E-state index is 12.7. The van der Waals surface area contributed by atoms with Crippen LogP contribution in [0.4, 0.5) is 11.4 Å². The topological polar surface area (TPSA) is 35.6 Å². The SMILES string of the molecule is CCN1CCN(c2ccc(NC(=O)c3cc(SC)ccc3Cl)c(C)c2)CC1. The molecular formula is C21H26ClN3OS. The van der Waals surface area contributed by atoms with Crippen molar-refractivity contribution in [3.05, 3.63) is 52.5 Å². The molecule has 0 unspecified atom stereocenters. The molecule has 27 heavy (non-hydrogen) atoms. The van der Waals surface area contributed by atoms with Crippen LogP contribution in [0.5, 0.6) is 0 Å². The predicted molar refractivity (Wildman–Crippen MR) is 117 cm³/mol. The summed E-state index contributed by atoms with van der Waals surface area (Å²) in [5.41, 5.74) is 3.59. The summed E-state index contributed by atoms with van der Waals surface area (Å²) in [7, 11) is 0. The smallest absolute Gasteiger partial charge is 0.257 e. The van der Waals surface area contributed by atoms with Crippen LogP contribution in [-0.4, -0.2) is 49.8 Å². The Kier molecular flexibility index (Phi) is 6.68. The molecular weight excluding hydrogens is 378 g/mol. The molecule has 1 N–H and O–H groups in total. The van der Waals surface area contributed by atoms with Crippen molar-refractivity contribution in [2.75, 3.05) is 49.2 Å². The lowest BCUT2D eigenvalue weighted by Gasteiger charge is -2.35. The number of nitrogens with one attached hydrogen (secondary N) is 1. The Morgan fingerprint density at radius 3 is 2.52 bits per heavy atom. The number of likely N-dealkylation sites (N-methyl/N-ethyl adjacent to an activating group) is 1. The third-order valence-corrected chi connectivity index (χ3v) is 6.12. The average Bonchev–Trinajstić information content (AvgIpc) is 2.70. The van der Waals surface area contributed by atoms with Gasteiger partial charge in [-0.2, -0.15) is 0 Å². The number of anilines is 2. The van der Waals surface area contributed by atoms with E-state index in [4.69, 9.17) is 11.6 Å². The fourth-order valence-corrected chi connectivity index (χ4v) is 3.95. The van der Waals surface area contributed by atoms with E-state index in [0.29, 0.717) is 10.6 Å². The van der Waals surface area contributed by atoms with E-state index in [1.807, 2.05) is 31.4 Å². The van der Waals surface area contributed by atoms with Crippen LogP contribution < -0.4 is 10.2 Å². The van der Waals surface area contributed by atoms with Gasteiger partial charge in [0.15, 0.2) is 0 Å². The van der Waals surface area contributed by atoms with Crippen LogP contribution in [0, 0.1) is 6.92 Å². The molecule has 0 atom stereocenters. The molecule has 0 saturated carbocycles. The van der Waals surface area contributed by atoms with Gasteiger partial charge >= 0.3 is 0 Å². The molecule has 1 aliphatic heterocycles. The minimum atomic E-state index is -0.177. The highest BCUT2D eigenvalue weighted by molar-refractivity contribution is 7.98. The summed E-state index contributed by atoms with van der Waals surface area (Å²) in [5, 5.41) is 3.47. The van der Waals surface area contributed by atoms with Gasteiger partial charge in [-0.25, -0.2) is 0 Å². The number of rotatable bonds is 5. The second kappa shape index (κ2) is 9.00. The van der Waals surface area contributed by atoms with Crippen LogP contribution >= 0.6 is 23.4 Å². The molecule has 4 nitrogen and oxygen atoms in total. The van der Waals surface area contributed by atoms with Crippen molar-refractivity contribution >= 4 is 40.6 Å². The van der Waals surface area contributed by atoms with Crippen molar-refractivity contribution in [3.63, 3.8) is 0 Å². The number of benzene rings is 2. The Hall–Kier alpha value is -1.69. The Labute approximate surface area is 170 Å². The number of carbonyl (C=O) groups excluding carboxylic acids is 1. The average molecular weight is 404 g/mol. The van der Waals surface area contributed by atoms with E-state index in [-0.39, 0.29) is 5.91 Å². The molecule has 6 heteroatoms. The number of aryl methyl sites for hydroxylation is 1. The van der Waals surface area contributed by atoms with E-state index in [0.717, 1.165) is 48.9 Å². The number of thioether (sulfide) groups is 1. The van der Waals surface area contributed by atoms with Gasteiger partial charge in [0.05, 0.1) is 10.6 Å². The summed E-state index contributed by atoms with van der Waals surface area (Å²) >= 11 is 7.81. The van der Waals surface area contributed by atoms with Crippen molar-refractivity contribution in [2.24, 2.45) is 0 Å². The summed E-state index contributed by atoms with van der Waals surface area (Å²) in [5.74, 6) is -0.177. The molecule has 144 valence electrons. The lowest BCUT2D eigenvalue weighted by Crippen LogP contribution is -2.46. The van der Waals surface area contributed by atoms with Crippen molar-refractivity contribution < 1.29 is 4.79 Å². The zero-order valence-electron chi connectivity index (χ0n) is 16.1. The van der Waals surface area contributed by atoms with Gasteiger partial charge in [0.2, 0.25) is 0 Å². The molecule has 0 radical (unpaired) electrons. The lowest BCUT2D eigenvalue weighted by molar-refractivity contribution is 0.102. The van der Waals surface area contributed by atoms with Gasteiger partial charge < -0.3 is 15.1 Å². The van der Waals surface area contributed by atoms with Crippen LogP contribution in [0.25, 0.3) is 0 Å². The highest BCUT2D eigenvalue weighted by Gasteiger charge is 2.17. The number of piperazine rings is 1. The van der Waals surface area contributed by atoms with Crippen molar-refractivity contribution in [3.8, 4) is 0 Å². The van der Waals surface area contributed by atoms with Gasteiger partial charge in [-0.3, -0.25) is 4.79 Å². The number of hydrogen-bond donors (Lipinski definition) is 1. The summed E-state index contributed by atoms with van der Waals surface area (Å²) in [4.78, 5) is 18.6. The van der Waals surface area contributed by atoms with Crippen LogP contribution in [0.2, 0.25) is 5.02 Å². The van der Waals surface area contributed by atoms with Gasteiger partial charge in [-0.05, 0) is 61.7 Å². The molecule has 0 spiro atoms. The molecule has 0 aliphatic carbocycles. The van der Waals surface area contributed by atoms with Crippen LogP contribution in [-0.2, 0) is 0 Å². The normalized spacial score (nSPS) is 15.0. The highest BCUT2D eigenvalue weighted by Crippen LogP contribution is 2.27. The molecule has 1 heterocycles. The second-order valence-corrected chi connectivity index (χ2v) is 8.01. The summed E-state index contributed by atoms with van der Waals surface area (Å²) in [6, 6.07) is 11.7. The van der Waals surface area contributed by atoms with Crippen molar-refractivity contribution in [2.45, 2.75) is 18.7 Å². The van der Waals surface area contributed by atoms with Crippen molar-refractivity contribution in [1.82, 2.24) is 4.90 Å². The monoisotopic (exact) mass is 403 g/mol. The first-order chi connectivity index (χ1) is 13.0. The van der Waals surface area contributed by atoms with E-state index >= 15 is 0 Å². The van der Waals surface area contributed by atoms with E-state index in [1.54, 1.807) is 17.8 Å². The van der Waals surface area contributed by atoms with E-state index in [2.05, 4.69) is 34.2 Å². The third-order valence-electron chi connectivity index (χ3n) is 5.06. The standard InChI is InChI=1S/C21H26ClN3OS/c1-4-24-9-11-25(12-10-24)16-5-8-20(15(2)13-16)23-21(26)18-14-17(27-3)6-7-19(18)22/h5-8,13-14H,4,9-12H2,1-3H3,(H,23,26). The third kappa shape index (κ3) is 4.78. The molecule has 1 saturated heterocycles.